The monoisotopic (exact) mass is 616 g/mol. The van der Waals surface area contributed by atoms with E-state index in [2.05, 4.69) is 71.8 Å². The number of carbonyl (C=O) groups is 2. The largest absolute Gasteiger partial charge is 0.462 e. The van der Waals surface area contributed by atoms with E-state index in [1.807, 2.05) is 17.7 Å². The van der Waals surface area contributed by atoms with Gasteiger partial charge in [-0.15, -0.1) is 0 Å². The lowest BCUT2D eigenvalue weighted by atomic mass is 9.43. The lowest BCUT2D eigenvalue weighted by Gasteiger charge is -2.62. The Labute approximate surface area is 273 Å². The molecule has 1 aromatic rings. The Morgan fingerprint density at radius 1 is 1.02 bits per heavy atom. The number of ether oxygens (including phenoxy) is 1. The molecule has 0 radical (unpaired) electrons. The molecule has 5 heteroatoms. The van der Waals surface area contributed by atoms with Crippen LogP contribution in [0.25, 0.3) is 0 Å². The summed E-state index contributed by atoms with van der Waals surface area (Å²) in [6.07, 6.45) is 18.2. The number of hydrogen-bond acceptors (Lipinski definition) is 4. The van der Waals surface area contributed by atoms with Gasteiger partial charge in [-0.25, -0.2) is 0 Å². The van der Waals surface area contributed by atoms with Gasteiger partial charge >= 0.3 is 5.97 Å². The molecule has 0 aliphatic heterocycles. The molecule has 0 spiro atoms. The van der Waals surface area contributed by atoms with E-state index in [4.69, 9.17) is 4.74 Å². The van der Waals surface area contributed by atoms with E-state index in [0.717, 1.165) is 30.2 Å². The van der Waals surface area contributed by atoms with Crippen LogP contribution in [0.1, 0.15) is 138 Å². The number of aromatic nitrogens is 1. The Kier molecular flexibility index (Phi) is 9.79. The molecule has 45 heavy (non-hydrogen) atoms. The molecular weight excluding hydrogens is 556 g/mol. The molecule has 0 unspecified atom stereocenters. The Morgan fingerprint density at radius 2 is 1.80 bits per heavy atom. The van der Waals surface area contributed by atoms with E-state index >= 15 is 0 Å². The van der Waals surface area contributed by atoms with E-state index in [1.54, 1.807) is 18.0 Å². The maximum atomic E-state index is 13.0. The van der Waals surface area contributed by atoms with Crippen LogP contribution in [0.4, 0.5) is 0 Å². The van der Waals surface area contributed by atoms with Crippen LogP contribution in [-0.2, 0) is 20.9 Å². The molecule has 5 rings (SSSR count). The topological polar surface area (TPSA) is 68.3 Å². The van der Waals surface area contributed by atoms with Gasteiger partial charge in [-0.1, -0.05) is 70.4 Å². The molecule has 0 saturated heterocycles. The van der Waals surface area contributed by atoms with Gasteiger partial charge in [-0.3, -0.25) is 14.6 Å². The number of esters is 1. The van der Waals surface area contributed by atoms with Crippen molar-refractivity contribution in [2.24, 2.45) is 39.4 Å². The SMILES string of the molecule is CC(C)=CCC[C@@H](C)[C@H]1CC[C@@]2(C)C3=C(CC[C@]12C)[C@@]1(C)CC[C@H](OC(=O)CCC(=O)NCc2cccnc2)C(C)(C)[C@@H]1CC3. The van der Waals surface area contributed by atoms with Gasteiger partial charge in [0.15, 0.2) is 0 Å². The molecule has 2 fully saturated rings. The minimum absolute atomic E-state index is 0.106. The molecule has 1 N–H and O–H groups in total. The first-order chi connectivity index (χ1) is 21.2. The number of allylic oxidation sites excluding steroid dienone is 4. The van der Waals surface area contributed by atoms with E-state index in [9.17, 15) is 9.59 Å². The lowest BCUT2D eigenvalue weighted by Crippen LogP contribution is -2.55. The van der Waals surface area contributed by atoms with E-state index < -0.39 is 0 Å². The van der Waals surface area contributed by atoms with E-state index in [0.29, 0.717) is 23.3 Å². The molecule has 4 aliphatic rings. The molecule has 1 aromatic heterocycles. The maximum absolute atomic E-state index is 13.0. The third kappa shape index (κ3) is 6.31. The fourth-order valence-electron chi connectivity index (χ4n) is 10.9. The van der Waals surface area contributed by atoms with Crippen LogP contribution in [0.5, 0.6) is 0 Å². The molecule has 2 saturated carbocycles. The third-order valence-corrected chi connectivity index (χ3v) is 13.7. The van der Waals surface area contributed by atoms with Crippen LogP contribution < -0.4 is 5.32 Å². The second-order valence-corrected chi connectivity index (χ2v) is 16.7. The van der Waals surface area contributed by atoms with Crippen LogP contribution in [-0.4, -0.2) is 23.0 Å². The average Bonchev–Trinajstić information content (AvgIpc) is 3.28. The molecule has 4 aliphatic carbocycles. The standard InChI is InChI=1S/C40H60N2O3/c1-27(2)11-9-12-28(3)30-18-22-40(8)32-14-15-33-37(4,5)34(20-21-38(33,6)31(32)19-23-39(30,40)7)45-36(44)17-16-35(43)42-26-29-13-10-24-41-25-29/h10-11,13,24-25,28,30,33-34H,9,12,14-23,26H2,1-8H3,(H,42,43)/t28-,30-,33+,34+,38-,39-,40+/m1/s1. The van der Waals surface area contributed by atoms with Crippen molar-refractivity contribution in [2.75, 3.05) is 0 Å². The summed E-state index contributed by atoms with van der Waals surface area (Å²) in [6, 6.07) is 3.78. The van der Waals surface area contributed by atoms with Crippen molar-refractivity contribution in [3.05, 3.63) is 52.9 Å². The minimum Gasteiger partial charge on any atom is -0.462 e. The van der Waals surface area contributed by atoms with Gasteiger partial charge in [0.05, 0.1) is 6.42 Å². The van der Waals surface area contributed by atoms with Crippen molar-refractivity contribution in [3.63, 3.8) is 0 Å². The molecule has 0 aromatic carbocycles. The molecule has 0 bridgehead atoms. The highest BCUT2D eigenvalue weighted by atomic mass is 16.5. The van der Waals surface area contributed by atoms with Crippen molar-refractivity contribution < 1.29 is 14.3 Å². The zero-order valence-electron chi connectivity index (χ0n) is 29.6. The minimum atomic E-state index is -0.249. The first-order valence-electron chi connectivity index (χ1n) is 17.9. The van der Waals surface area contributed by atoms with Crippen molar-refractivity contribution in [1.82, 2.24) is 10.3 Å². The Balaban J connectivity index is 1.23. The summed E-state index contributed by atoms with van der Waals surface area (Å²) in [4.78, 5) is 29.5. The summed E-state index contributed by atoms with van der Waals surface area (Å²) in [5.41, 5.74) is 6.72. The van der Waals surface area contributed by atoms with E-state index in [1.165, 1.54) is 56.9 Å². The van der Waals surface area contributed by atoms with Crippen molar-refractivity contribution in [2.45, 2.75) is 145 Å². The third-order valence-electron chi connectivity index (χ3n) is 13.7. The molecule has 248 valence electrons. The van der Waals surface area contributed by atoms with Crippen LogP contribution in [0.3, 0.4) is 0 Å². The summed E-state index contributed by atoms with van der Waals surface area (Å²) in [7, 11) is 0. The Morgan fingerprint density at radius 3 is 2.51 bits per heavy atom. The van der Waals surface area contributed by atoms with Crippen molar-refractivity contribution >= 4 is 11.9 Å². The van der Waals surface area contributed by atoms with Gasteiger partial charge < -0.3 is 10.1 Å². The second-order valence-electron chi connectivity index (χ2n) is 16.7. The van der Waals surface area contributed by atoms with Crippen LogP contribution in [0.15, 0.2) is 47.3 Å². The summed E-state index contributed by atoms with van der Waals surface area (Å²) < 4.78 is 6.19. The lowest BCUT2D eigenvalue weighted by molar-refractivity contribution is -0.170. The fourth-order valence-corrected chi connectivity index (χ4v) is 10.9. The smallest absolute Gasteiger partial charge is 0.306 e. The first-order valence-corrected chi connectivity index (χ1v) is 17.9. The zero-order chi connectivity index (χ0) is 32.6. The molecule has 7 atom stereocenters. The van der Waals surface area contributed by atoms with Crippen molar-refractivity contribution in [1.29, 1.82) is 0 Å². The predicted molar refractivity (Wildman–Crippen MR) is 182 cm³/mol. The first kappa shape index (κ1) is 33.9. The van der Waals surface area contributed by atoms with Gasteiger partial charge in [-0.05, 0) is 124 Å². The zero-order valence-corrected chi connectivity index (χ0v) is 29.6. The number of rotatable bonds is 10. The number of carbonyl (C=O) groups excluding carboxylic acids is 2. The molecular formula is C40H60N2O3. The van der Waals surface area contributed by atoms with Crippen LogP contribution in [0, 0.1) is 39.4 Å². The summed E-state index contributed by atoms with van der Waals surface area (Å²) in [5, 5.41) is 2.89. The fraction of sp³-hybridized carbons (Fsp3) is 0.725. The Bertz CT molecular complexity index is 1310. The van der Waals surface area contributed by atoms with Crippen LogP contribution in [0.2, 0.25) is 0 Å². The van der Waals surface area contributed by atoms with Gasteiger partial charge in [0, 0.05) is 30.8 Å². The quantitative estimate of drug-likeness (QED) is 0.210. The average molecular weight is 617 g/mol. The highest BCUT2D eigenvalue weighted by Crippen LogP contribution is 2.72. The van der Waals surface area contributed by atoms with Gasteiger partial charge in [0.1, 0.15) is 6.10 Å². The number of amides is 1. The maximum Gasteiger partial charge on any atom is 0.306 e. The molecule has 5 nitrogen and oxygen atoms in total. The second kappa shape index (κ2) is 13.0. The number of fused-ring (bicyclic) bond motifs is 4. The van der Waals surface area contributed by atoms with Gasteiger partial charge in [0.25, 0.3) is 0 Å². The molecule has 1 heterocycles. The van der Waals surface area contributed by atoms with Crippen LogP contribution >= 0.6 is 0 Å². The summed E-state index contributed by atoms with van der Waals surface area (Å²) in [6.45, 7) is 19.9. The number of pyridine rings is 1. The van der Waals surface area contributed by atoms with Gasteiger partial charge in [-0.2, -0.15) is 0 Å². The summed E-state index contributed by atoms with van der Waals surface area (Å²) >= 11 is 0. The Hall–Kier alpha value is -2.43. The normalized spacial score (nSPS) is 34.2. The highest BCUT2D eigenvalue weighted by molar-refractivity contribution is 5.81. The summed E-state index contributed by atoms with van der Waals surface area (Å²) in [5.74, 6) is 1.67. The number of nitrogens with one attached hydrogen (secondary N) is 1. The van der Waals surface area contributed by atoms with E-state index in [-0.39, 0.29) is 41.7 Å². The van der Waals surface area contributed by atoms with Crippen molar-refractivity contribution in [3.8, 4) is 0 Å². The number of nitrogens with zero attached hydrogens (tertiary/aromatic N) is 1. The number of hydrogen-bond donors (Lipinski definition) is 1. The molecule has 1 amide bonds. The van der Waals surface area contributed by atoms with Gasteiger partial charge in [0.2, 0.25) is 5.91 Å². The highest BCUT2D eigenvalue weighted by Gasteiger charge is 2.63. The predicted octanol–water partition coefficient (Wildman–Crippen LogP) is 9.52.